The van der Waals surface area contributed by atoms with Crippen molar-refractivity contribution in [2.45, 2.75) is 0 Å². The summed E-state index contributed by atoms with van der Waals surface area (Å²) in [6.07, 6.45) is 1.47. The molecule has 2 N–H and O–H groups in total. The van der Waals surface area contributed by atoms with Gasteiger partial charge >= 0.3 is 0 Å². The molecule has 0 saturated carbocycles. The molecule has 6 heteroatoms. The van der Waals surface area contributed by atoms with Crippen molar-refractivity contribution in [3.05, 3.63) is 53.8 Å². The molecule has 1 aromatic heterocycles. The first kappa shape index (κ1) is 13.6. The van der Waals surface area contributed by atoms with Crippen molar-refractivity contribution in [2.24, 2.45) is 5.84 Å². The number of hydrogen-bond acceptors (Lipinski definition) is 5. The predicted octanol–water partition coefficient (Wildman–Crippen LogP) is 3.30. The fourth-order valence-corrected chi connectivity index (χ4v) is 2.24. The second-order valence-electron chi connectivity index (χ2n) is 4.43. The number of hydrazine groups is 1. The third-order valence-corrected chi connectivity index (χ3v) is 3.39. The molecule has 0 saturated heterocycles. The minimum absolute atomic E-state index is 0.613. The fraction of sp³-hybridized carbons (Fsp3) is 0.0667. The number of rotatable bonds is 3. The lowest BCUT2D eigenvalue weighted by atomic mass is 10.2. The highest BCUT2D eigenvalue weighted by atomic mass is 35.5. The van der Waals surface area contributed by atoms with Gasteiger partial charge in [-0.25, -0.2) is 15.8 Å². The second kappa shape index (κ2) is 5.55. The largest absolute Gasteiger partial charge is 0.497 e. The van der Waals surface area contributed by atoms with E-state index in [4.69, 9.17) is 22.2 Å². The summed E-state index contributed by atoms with van der Waals surface area (Å²) < 4.78 is 5.14. The van der Waals surface area contributed by atoms with E-state index in [9.17, 15) is 0 Å². The Morgan fingerprint density at radius 3 is 2.57 bits per heavy atom. The summed E-state index contributed by atoms with van der Waals surface area (Å²) in [5, 5.41) is 2.97. The zero-order valence-corrected chi connectivity index (χ0v) is 12.1. The SMILES string of the molecule is COc1ccc(N(N)c2ncnc3cc(Cl)ccc23)cc1. The van der Waals surface area contributed by atoms with Crippen LogP contribution in [-0.2, 0) is 0 Å². The minimum atomic E-state index is 0.613. The topological polar surface area (TPSA) is 64.3 Å². The number of nitrogens with zero attached hydrogens (tertiary/aromatic N) is 3. The number of aromatic nitrogens is 2. The van der Waals surface area contributed by atoms with Gasteiger partial charge in [-0.05, 0) is 42.5 Å². The van der Waals surface area contributed by atoms with E-state index < -0.39 is 0 Å². The Balaban J connectivity index is 2.06. The van der Waals surface area contributed by atoms with Crippen LogP contribution in [0.1, 0.15) is 0 Å². The molecule has 5 nitrogen and oxygen atoms in total. The van der Waals surface area contributed by atoms with Crippen LogP contribution in [0, 0.1) is 0 Å². The summed E-state index contributed by atoms with van der Waals surface area (Å²) in [7, 11) is 1.62. The molecule has 2 aromatic carbocycles. The number of methoxy groups -OCH3 is 1. The second-order valence-corrected chi connectivity index (χ2v) is 4.86. The maximum absolute atomic E-state index is 6.18. The van der Waals surface area contributed by atoms with Crippen LogP contribution in [0.4, 0.5) is 11.5 Å². The molecule has 106 valence electrons. The molecule has 0 unspecified atom stereocenters. The molecule has 21 heavy (non-hydrogen) atoms. The molecule has 0 aliphatic rings. The van der Waals surface area contributed by atoms with Crippen LogP contribution in [0.25, 0.3) is 10.9 Å². The minimum Gasteiger partial charge on any atom is -0.497 e. The lowest BCUT2D eigenvalue weighted by Crippen LogP contribution is -2.26. The van der Waals surface area contributed by atoms with E-state index >= 15 is 0 Å². The highest BCUT2D eigenvalue weighted by Gasteiger charge is 2.11. The van der Waals surface area contributed by atoms with Crippen LogP contribution >= 0.6 is 11.6 Å². The Bertz CT molecular complexity index is 776. The van der Waals surface area contributed by atoms with Gasteiger partial charge in [-0.2, -0.15) is 0 Å². The van der Waals surface area contributed by atoms with E-state index in [1.807, 2.05) is 30.3 Å². The molecule has 3 aromatic rings. The summed E-state index contributed by atoms with van der Waals surface area (Å²) in [5.41, 5.74) is 1.54. The summed E-state index contributed by atoms with van der Waals surface area (Å²) in [4.78, 5) is 8.48. The first-order valence-electron chi connectivity index (χ1n) is 6.28. The van der Waals surface area contributed by atoms with Gasteiger partial charge in [-0.3, -0.25) is 5.01 Å². The van der Waals surface area contributed by atoms with Crippen LogP contribution in [0.2, 0.25) is 5.02 Å². The lowest BCUT2D eigenvalue weighted by Gasteiger charge is -2.19. The number of anilines is 2. The smallest absolute Gasteiger partial charge is 0.158 e. The standard InChI is InChI=1S/C15H13ClN4O/c1-21-12-5-3-11(4-6-12)20(17)15-13-7-2-10(16)8-14(13)18-9-19-15/h2-9H,17H2,1H3. The number of ether oxygens (including phenoxy) is 1. The zero-order valence-electron chi connectivity index (χ0n) is 11.3. The van der Waals surface area contributed by atoms with Gasteiger partial charge in [-0.15, -0.1) is 0 Å². The molecule has 0 aliphatic heterocycles. The summed E-state index contributed by atoms with van der Waals surface area (Å²) in [5.74, 6) is 7.56. The number of nitrogens with two attached hydrogens (primary N) is 1. The molecule has 1 heterocycles. The Labute approximate surface area is 126 Å². The van der Waals surface area contributed by atoms with Crippen molar-refractivity contribution in [1.82, 2.24) is 9.97 Å². The molecular formula is C15H13ClN4O. The average Bonchev–Trinajstić information content (AvgIpc) is 2.53. The van der Waals surface area contributed by atoms with Gasteiger partial charge in [0.1, 0.15) is 12.1 Å². The average molecular weight is 301 g/mol. The normalized spacial score (nSPS) is 10.6. The van der Waals surface area contributed by atoms with Gasteiger partial charge in [0.2, 0.25) is 0 Å². The highest BCUT2D eigenvalue weighted by molar-refractivity contribution is 6.31. The van der Waals surface area contributed by atoms with Crippen molar-refractivity contribution < 1.29 is 4.74 Å². The van der Waals surface area contributed by atoms with Gasteiger partial charge in [0.15, 0.2) is 5.82 Å². The number of halogens is 1. The van der Waals surface area contributed by atoms with Gasteiger partial charge in [0, 0.05) is 10.4 Å². The van der Waals surface area contributed by atoms with Crippen molar-refractivity contribution >= 4 is 34.0 Å². The number of benzene rings is 2. The van der Waals surface area contributed by atoms with Crippen LogP contribution in [0.3, 0.4) is 0 Å². The van der Waals surface area contributed by atoms with E-state index in [0.29, 0.717) is 10.8 Å². The molecule has 0 spiro atoms. The first-order valence-corrected chi connectivity index (χ1v) is 6.66. The van der Waals surface area contributed by atoms with Crippen LogP contribution < -0.4 is 15.6 Å². The fourth-order valence-electron chi connectivity index (χ4n) is 2.07. The maximum atomic E-state index is 6.18. The van der Waals surface area contributed by atoms with Gasteiger partial charge < -0.3 is 4.74 Å². The Hall–Kier alpha value is -2.37. The van der Waals surface area contributed by atoms with Crippen molar-refractivity contribution in [2.75, 3.05) is 12.1 Å². The molecule has 0 bridgehead atoms. The number of fused-ring (bicyclic) bond motifs is 1. The molecule has 0 aliphatic carbocycles. The van der Waals surface area contributed by atoms with Crippen LogP contribution in [0.15, 0.2) is 48.8 Å². The monoisotopic (exact) mass is 300 g/mol. The Morgan fingerprint density at radius 1 is 1.10 bits per heavy atom. The van der Waals surface area contributed by atoms with E-state index in [2.05, 4.69) is 9.97 Å². The van der Waals surface area contributed by atoms with E-state index in [-0.39, 0.29) is 0 Å². The molecular weight excluding hydrogens is 288 g/mol. The van der Waals surface area contributed by atoms with Crippen molar-refractivity contribution in [1.29, 1.82) is 0 Å². The van der Waals surface area contributed by atoms with E-state index in [0.717, 1.165) is 22.3 Å². The first-order chi connectivity index (χ1) is 10.2. The van der Waals surface area contributed by atoms with Gasteiger partial charge in [0.05, 0.1) is 18.3 Å². The summed E-state index contributed by atoms with van der Waals surface area (Å²) in [6.45, 7) is 0. The maximum Gasteiger partial charge on any atom is 0.158 e. The third-order valence-electron chi connectivity index (χ3n) is 3.16. The Morgan fingerprint density at radius 2 is 1.86 bits per heavy atom. The molecule has 0 fully saturated rings. The van der Waals surface area contributed by atoms with Gasteiger partial charge in [-0.1, -0.05) is 11.6 Å². The van der Waals surface area contributed by atoms with Crippen molar-refractivity contribution in [3.8, 4) is 5.75 Å². The van der Waals surface area contributed by atoms with Crippen LogP contribution in [0.5, 0.6) is 5.75 Å². The molecule has 0 radical (unpaired) electrons. The predicted molar refractivity (Wildman–Crippen MR) is 83.9 cm³/mol. The van der Waals surface area contributed by atoms with Crippen LogP contribution in [-0.4, -0.2) is 17.1 Å². The summed E-state index contributed by atoms with van der Waals surface area (Å²) >= 11 is 5.98. The zero-order chi connectivity index (χ0) is 14.8. The van der Waals surface area contributed by atoms with Crippen molar-refractivity contribution in [3.63, 3.8) is 0 Å². The molecule has 3 rings (SSSR count). The molecule has 0 atom stereocenters. The number of hydrogen-bond donors (Lipinski definition) is 1. The Kier molecular flexibility index (Phi) is 3.60. The highest BCUT2D eigenvalue weighted by Crippen LogP contribution is 2.29. The molecule has 0 amide bonds. The quantitative estimate of drug-likeness (QED) is 0.594. The lowest BCUT2D eigenvalue weighted by molar-refractivity contribution is 0.415. The van der Waals surface area contributed by atoms with Gasteiger partial charge in [0.25, 0.3) is 0 Å². The summed E-state index contributed by atoms with van der Waals surface area (Å²) in [6, 6.07) is 12.8. The van der Waals surface area contributed by atoms with E-state index in [1.165, 1.54) is 11.3 Å². The third kappa shape index (κ3) is 2.61. The van der Waals surface area contributed by atoms with E-state index in [1.54, 1.807) is 19.2 Å².